The van der Waals surface area contributed by atoms with Gasteiger partial charge in [0.2, 0.25) is 0 Å². The second-order valence-electron chi connectivity index (χ2n) is 16.1. The van der Waals surface area contributed by atoms with Gasteiger partial charge in [0, 0.05) is 53.7 Å². The number of rotatable bonds is 5. The molecule has 0 unspecified atom stereocenters. The Labute approximate surface area is 342 Å². The molecule has 0 saturated heterocycles. The number of fused-ring (bicyclic) bond motifs is 11. The van der Waals surface area contributed by atoms with Crippen molar-refractivity contribution in [3.63, 3.8) is 0 Å². The topological polar surface area (TPSA) is 8.17 Å². The fraction of sp³-hybridized carbons (Fsp3) is 0.0370. The van der Waals surface area contributed by atoms with Crippen LogP contribution in [0.25, 0.3) is 80.7 Å². The van der Waals surface area contributed by atoms with E-state index < -0.39 is 8.07 Å². The molecule has 9 aromatic carbocycles. The molecule has 2 aromatic heterocycles. The Balaban J connectivity index is 1.01. The molecular formula is C54H38N2SSi. The first kappa shape index (κ1) is 33.4. The van der Waals surface area contributed by atoms with Crippen molar-refractivity contribution in [1.29, 1.82) is 0 Å². The second kappa shape index (κ2) is 12.6. The number of aromatic nitrogens is 1. The maximum Gasteiger partial charge on any atom is 0.113 e. The highest BCUT2D eigenvalue weighted by Crippen LogP contribution is 2.44. The van der Waals surface area contributed by atoms with Crippen LogP contribution in [0.15, 0.2) is 194 Å². The number of hydrogen-bond acceptors (Lipinski definition) is 2. The first-order chi connectivity index (χ1) is 28.5. The molecule has 12 rings (SSSR count). The fourth-order valence-corrected chi connectivity index (χ4v) is 13.9. The zero-order chi connectivity index (χ0) is 38.5. The van der Waals surface area contributed by atoms with Gasteiger partial charge < -0.3 is 9.47 Å². The van der Waals surface area contributed by atoms with Crippen molar-refractivity contribution in [3.8, 4) is 27.9 Å². The van der Waals surface area contributed by atoms with Crippen molar-refractivity contribution in [1.82, 2.24) is 4.57 Å². The van der Waals surface area contributed by atoms with Crippen LogP contribution < -0.4 is 15.3 Å². The van der Waals surface area contributed by atoms with Crippen molar-refractivity contribution in [2.24, 2.45) is 0 Å². The monoisotopic (exact) mass is 774 g/mol. The van der Waals surface area contributed by atoms with E-state index in [-0.39, 0.29) is 0 Å². The number of benzene rings is 9. The summed E-state index contributed by atoms with van der Waals surface area (Å²) >= 11 is 1.91. The molecule has 0 N–H and O–H groups in total. The van der Waals surface area contributed by atoms with Gasteiger partial charge in [-0.1, -0.05) is 128 Å². The van der Waals surface area contributed by atoms with Crippen molar-refractivity contribution in [3.05, 3.63) is 194 Å². The van der Waals surface area contributed by atoms with E-state index in [1.54, 1.807) is 0 Å². The van der Waals surface area contributed by atoms with Gasteiger partial charge in [0.25, 0.3) is 0 Å². The molecule has 0 spiro atoms. The third-order valence-corrected chi connectivity index (χ3v) is 17.2. The Morgan fingerprint density at radius 1 is 0.448 bits per heavy atom. The maximum atomic E-state index is 2.53. The molecule has 58 heavy (non-hydrogen) atoms. The van der Waals surface area contributed by atoms with Gasteiger partial charge in [0.05, 0.1) is 11.0 Å². The summed E-state index contributed by atoms with van der Waals surface area (Å²) < 4.78 is 5.13. The number of nitrogens with zero attached hydrogens (tertiary/aromatic N) is 2. The van der Waals surface area contributed by atoms with Gasteiger partial charge in [-0.2, -0.15) is 0 Å². The van der Waals surface area contributed by atoms with Crippen molar-refractivity contribution in [2.45, 2.75) is 13.1 Å². The SMILES string of the molecule is C[Si]1(C)c2cc(N(c3ccc(-c4ccc5ccccc5c4)cc3)c3ccc(-n4c5ccccc5c5ccccc54)cc3)ccc2-c2c1ccc1sc3ccccc3c21. The summed E-state index contributed by atoms with van der Waals surface area (Å²) in [4.78, 5) is 2.45. The number of anilines is 3. The highest BCUT2D eigenvalue weighted by molar-refractivity contribution is 7.26. The molecule has 274 valence electrons. The third kappa shape index (κ3) is 4.95. The van der Waals surface area contributed by atoms with Crippen LogP contribution in [-0.2, 0) is 0 Å². The van der Waals surface area contributed by atoms with Gasteiger partial charge in [-0.15, -0.1) is 11.3 Å². The van der Waals surface area contributed by atoms with Crippen molar-refractivity contribution < 1.29 is 0 Å². The van der Waals surface area contributed by atoms with Crippen LogP contribution in [0.1, 0.15) is 0 Å². The molecule has 3 heterocycles. The molecular weight excluding hydrogens is 737 g/mol. The fourth-order valence-electron chi connectivity index (χ4n) is 9.74. The van der Waals surface area contributed by atoms with Gasteiger partial charge in [0.1, 0.15) is 8.07 Å². The minimum atomic E-state index is -2.04. The Morgan fingerprint density at radius 2 is 1.05 bits per heavy atom. The summed E-state index contributed by atoms with van der Waals surface area (Å²) in [5.74, 6) is 0. The normalized spacial score (nSPS) is 13.1. The minimum Gasteiger partial charge on any atom is -0.311 e. The molecule has 0 saturated carbocycles. The van der Waals surface area contributed by atoms with Crippen LogP contribution >= 0.6 is 11.3 Å². The van der Waals surface area contributed by atoms with Gasteiger partial charge in [-0.3, -0.25) is 0 Å². The Morgan fingerprint density at radius 3 is 1.79 bits per heavy atom. The average molecular weight is 775 g/mol. The summed E-state index contributed by atoms with van der Waals surface area (Å²) in [6.45, 7) is 5.07. The zero-order valence-electron chi connectivity index (χ0n) is 32.3. The first-order valence-electron chi connectivity index (χ1n) is 20.1. The molecule has 0 fully saturated rings. The molecule has 4 heteroatoms. The van der Waals surface area contributed by atoms with Crippen molar-refractivity contribution in [2.75, 3.05) is 4.90 Å². The van der Waals surface area contributed by atoms with Gasteiger partial charge in [-0.25, -0.2) is 0 Å². The summed E-state index contributed by atoms with van der Waals surface area (Å²) in [5.41, 5.74) is 12.3. The van der Waals surface area contributed by atoms with Crippen LogP contribution in [0, 0.1) is 0 Å². The lowest BCUT2D eigenvalue weighted by Crippen LogP contribution is -2.49. The van der Waals surface area contributed by atoms with Gasteiger partial charge >= 0.3 is 0 Å². The van der Waals surface area contributed by atoms with E-state index in [0.29, 0.717) is 0 Å². The predicted molar refractivity (Wildman–Crippen MR) is 253 cm³/mol. The van der Waals surface area contributed by atoms with E-state index in [2.05, 4.69) is 217 Å². The molecule has 0 atom stereocenters. The van der Waals surface area contributed by atoms with E-state index in [0.717, 1.165) is 17.1 Å². The smallest absolute Gasteiger partial charge is 0.113 e. The van der Waals surface area contributed by atoms with Crippen molar-refractivity contribution >= 4 is 99.6 Å². The summed E-state index contributed by atoms with van der Waals surface area (Å²) in [6, 6.07) is 72.1. The van der Waals surface area contributed by atoms with E-state index in [1.807, 2.05) is 11.3 Å². The summed E-state index contributed by atoms with van der Waals surface area (Å²) in [7, 11) is -2.04. The molecule has 0 aliphatic carbocycles. The number of thiophene rings is 1. The predicted octanol–water partition coefficient (Wildman–Crippen LogP) is 14.2. The highest BCUT2D eigenvalue weighted by atomic mass is 32.1. The lowest BCUT2D eigenvalue weighted by molar-refractivity contribution is 1.17. The average Bonchev–Trinajstić information content (AvgIpc) is 3.89. The maximum absolute atomic E-state index is 2.53. The summed E-state index contributed by atoms with van der Waals surface area (Å²) in [6.07, 6.45) is 0. The molecule has 1 aliphatic heterocycles. The van der Waals surface area contributed by atoms with Crippen LogP contribution in [0.5, 0.6) is 0 Å². The quantitative estimate of drug-likeness (QED) is 0.158. The Kier molecular flexibility index (Phi) is 7.28. The molecule has 0 bridgehead atoms. The first-order valence-corrected chi connectivity index (χ1v) is 23.9. The molecule has 0 radical (unpaired) electrons. The van der Waals surface area contributed by atoms with Gasteiger partial charge in [0.15, 0.2) is 0 Å². The highest BCUT2D eigenvalue weighted by Gasteiger charge is 2.39. The number of hydrogen-bond donors (Lipinski definition) is 0. The van der Waals surface area contributed by atoms with E-state index in [1.165, 1.54) is 91.1 Å². The molecule has 2 nitrogen and oxygen atoms in total. The lowest BCUT2D eigenvalue weighted by atomic mass is 9.99. The van der Waals surface area contributed by atoms with Crippen LogP contribution in [0.3, 0.4) is 0 Å². The minimum absolute atomic E-state index is 1.13. The van der Waals surface area contributed by atoms with Crippen LogP contribution in [0.2, 0.25) is 13.1 Å². The molecule has 11 aromatic rings. The molecule has 0 amide bonds. The largest absolute Gasteiger partial charge is 0.311 e. The van der Waals surface area contributed by atoms with Crippen LogP contribution in [0.4, 0.5) is 17.1 Å². The van der Waals surface area contributed by atoms with E-state index in [4.69, 9.17) is 0 Å². The Bertz CT molecular complexity index is 3370. The third-order valence-electron chi connectivity index (χ3n) is 12.6. The lowest BCUT2D eigenvalue weighted by Gasteiger charge is -2.28. The van der Waals surface area contributed by atoms with E-state index >= 15 is 0 Å². The van der Waals surface area contributed by atoms with Gasteiger partial charge in [-0.05, 0) is 122 Å². The standard InChI is InChI=1S/C54H38N2SSi/c1-58(2)51-32-31-50-53(45-15-7-10-18-49(45)57-50)54(51)46-30-29-42(34-52(46)58)55(39-23-21-36(22-24-39)38-20-19-35-11-3-4-12-37(35)33-38)40-25-27-41(28-26-40)56-47-16-8-5-13-43(47)44-14-6-9-17-48(44)56/h3-34H,1-2H3. The molecule has 1 aliphatic rings. The second-order valence-corrected chi connectivity index (χ2v) is 21.6. The zero-order valence-corrected chi connectivity index (χ0v) is 34.1. The Hall–Kier alpha value is -6.72. The number of para-hydroxylation sites is 2. The summed E-state index contributed by atoms with van der Waals surface area (Å²) in [5, 5.41) is 10.9. The van der Waals surface area contributed by atoms with E-state index in [9.17, 15) is 0 Å². The van der Waals surface area contributed by atoms with Crippen LogP contribution in [-0.4, -0.2) is 12.6 Å².